The number of amides is 1. The smallest absolute Gasteiger partial charge is 0.363 e. The summed E-state index contributed by atoms with van der Waals surface area (Å²) >= 11 is 0. The number of esters is 1. The van der Waals surface area contributed by atoms with Crippen LogP contribution in [0.1, 0.15) is 11.1 Å². The van der Waals surface area contributed by atoms with E-state index in [1.807, 2.05) is 30.3 Å². The van der Waals surface area contributed by atoms with Gasteiger partial charge < -0.3 is 19.9 Å². The number of carbonyl (C=O) groups is 2. The lowest BCUT2D eigenvalue weighted by Gasteiger charge is -2.09. The van der Waals surface area contributed by atoms with Gasteiger partial charge >= 0.3 is 5.97 Å². The average Bonchev–Trinajstić information content (AvgIpc) is 3.01. The molecule has 7 nitrogen and oxygen atoms in total. The Morgan fingerprint density at radius 1 is 1.19 bits per heavy atom. The fraction of sp³-hybridized carbons (Fsp3) is 0.105. The van der Waals surface area contributed by atoms with Crippen molar-refractivity contribution in [1.82, 2.24) is 0 Å². The quantitative estimate of drug-likeness (QED) is 0.632. The van der Waals surface area contributed by atoms with E-state index in [-0.39, 0.29) is 18.2 Å². The number of methoxy groups -OCH3 is 1. The molecule has 2 aromatic rings. The lowest BCUT2D eigenvalue weighted by atomic mass is 10.1. The molecule has 0 saturated carbocycles. The lowest BCUT2D eigenvalue weighted by molar-refractivity contribution is -0.130. The van der Waals surface area contributed by atoms with Gasteiger partial charge in [0.2, 0.25) is 5.90 Å². The first-order valence-corrected chi connectivity index (χ1v) is 7.74. The molecule has 0 saturated heterocycles. The number of aliphatic imine (C=N–C) groups is 1. The number of nitrogens with zero attached hydrogens (tertiary/aromatic N) is 1. The SMILES string of the molecule is COc1cc(/C=C2/N=C(c3ccccc3)OC2=O)ccc1OCC(N)=O. The fourth-order valence-electron chi connectivity index (χ4n) is 2.31. The zero-order valence-electron chi connectivity index (χ0n) is 14.0. The maximum Gasteiger partial charge on any atom is 0.363 e. The molecule has 7 heteroatoms. The van der Waals surface area contributed by atoms with Crippen molar-refractivity contribution in [2.24, 2.45) is 10.7 Å². The van der Waals surface area contributed by atoms with Gasteiger partial charge in [0.1, 0.15) is 0 Å². The Morgan fingerprint density at radius 2 is 1.96 bits per heavy atom. The Kier molecular flexibility index (Phi) is 4.98. The summed E-state index contributed by atoms with van der Waals surface area (Å²) in [6.07, 6.45) is 1.58. The summed E-state index contributed by atoms with van der Waals surface area (Å²) < 4.78 is 15.7. The molecule has 3 rings (SSSR count). The standard InChI is InChI=1S/C19H16N2O5/c1-24-16-10-12(7-8-15(16)25-11-17(20)22)9-14-19(23)26-18(21-14)13-5-3-2-4-6-13/h2-10H,11H2,1H3,(H2,20,22)/b14-9+. The average molecular weight is 352 g/mol. The van der Waals surface area contributed by atoms with E-state index >= 15 is 0 Å². The highest BCUT2D eigenvalue weighted by Crippen LogP contribution is 2.29. The first-order valence-electron chi connectivity index (χ1n) is 7.74. The van der Waals surface area contributed by atoms with Crippen LogP contribution in [-0.2, 0) is 14.3 Å². The summed E-state index contributed by atoms with van der Waals surface area (Å²) in [6, 6.07) is 14.1. The second kappa shape index (κ2) is 7.52. The number of rotatable bonds is 6. The van der Waals surface area contributed by atoms with Gasteiger partial charge in [-0.05, 0) is 35.9 Å². The number of hydrogen-bond donors (Lipinski definition) is 1. The van der Waals surface area contributed by atoms with Crippen molar-refractivity contribution in [2.45, 2.75) is 0 Å². The molecular weight excluding hydrogens is 336 g/mol. The Hall–Kier alpha value is -3.61. The molecule has 0 unspecified atom stereocenters. The summed E-state index contributed by atoms with van der Waals surface area (Å²) in [7, 11) is 1.47. The maximum absolute atomic E-state index is 12.0. The summed E-state index contributed by atoms with van der Waals surface area (Å²) in [5.41, 5.74) is 6.63. The maximum atomic E-state index is 12.0. The van der Waals surface area contributed by atoms with E-state index < -0.39 is 11.9 Å². The molecule has 0 fully saturated rings. The van der Waals surface area contributed by atoms with Gasteiger partial charge in [0.15, 0.2) is 23.8 Å². The van der Waals surface area contributed by atoms with E-state index in [1.165, 1.54) is 7.11 Å². The molecule has 2 aromatic carbocycles. The Balaban J connectivity index is 1.86. The van der Waals surface area contributed by atoms with Gasteiger partial charge in [0.25, 0.3) is 5.91 Å². The minimum Gasteiger partial charge on any atom is -0.493 e. The summed E-state index contributed by atoms with van der Waals surface area (Å²) in [5.74, 6) is -0.0861. The van der Waals surface area contributed by atoms with E-state index in [9.17, 15) is 9.59 Å². The van der Waals surface area contributed by atoms with Gasteiger partial charge in [-0.25, -0.2) is 9.79 Å². The zero-order valence-corrected chi connectivity index (χ0v) is 14.0. The Labute approximate surface area is 149 Å². The van der Waals surface area contributed by atoms with Crippen LogP contribution in [0.4, 0.5) is 0 Å². The molecule has 0 atom stereocenters. The van der Waals surface area contributed by atoms with Crippen LogP contribution in [0, 0.1) is 0 Å². The van der Waals surface area contributed by atoms with E-state index in [1.54, 1.807) is 24.3 Å². The van der Waals surface area contributed by atoms with E-state index in [0.29, 0.717) is 17.1 Å². The number of ether oxygens (including phenoxy) is 3. The predicted molar refractivity (Wildman–Crippen MR) is 94.7 cm³/mol. The normalized spacial score (nSPS) is 14.7. The van der Waals surface area contributed by atoms with Gasteiger partial charge in [-0.3, -0.25) is 4.79 Å². The van der Waals surface area contributed by atoms with Crippen LogP contribution < -0.4 is 15.2 Å². The van der Waals surface area contributed by atoms with Crippen molar-refractivity contribution >= 4 is 23.9 Å². The Bertz CT molecular complexity index is 903. The molecule has 0 spiro atoms. The van der Waals surface area contributed by atoms with Gasteiger partial charge in [-0.2, -0.15) is 0 Å². The number of nitrogens with two attached hydrogens (primary N) is 1. The number of benzene rings is 2. The molecule has 1 aliphatic rings. The second-order valence-electron chi connectivity index (χ2n) is 5.37. The van der Waals surface area contributed by atoms with Crippen LogP contribution >= 0.6 is 0 Å². The highest BCUT2D eigenvalue weighted by molar-refractivity contribution is 6.12. The minimum atomic E-state index is -0.588. The van der Waals surface area contributed by atoms with Crippen molar-refractivity contribution in [3.8, 4) is 11.5 Å². The van der Waals surface area contributed by atoms with Crippen molar-refractivity contribution in [2.75, 3.05) is 13.7 Å². The molecule has 1 amide bonds. The van der Waals surface area contributed by atoms with Gasteiger partial charge in [0, 0.05) is 5.56 Å². The van der Waals surface area contributed by atoms with Crippen LogP contribution in [0.3, 0.4) is 0 Å². The molecule has 26 heavy (non-hydrogen) atoms. The van der Waals surface area contributed by atoms with Gasteiger partial charge in [-0.1, -0.05) is 24.3 Å². The van der Waals surface area contributed by atoms with E-state index in [0.717, 1.165) is 5.56 Å². The highest BCUT2D eigenvalue weighted by Gasteiger charge is 2.24. The van der Waals surface area contributed by atoms with Crippen molar-refractivity contribution < 1.29 is 23.8 Å². The fourth-order valence-corrected chi connectivity index (χ4v) is 2.31. The lowest BCUT2D eigenvalue weighted by Crippen LogP contribution is -2.20. The molecule has 0 aromatic heterocycles. The number of primary amides is 1. The third-order valence-electron chi connectivity index (χ3n) is 3.50. The monoisotopic (exact) mass is 352 g/mol. The third-order valence-corrected chi connectivity index (χ3v) is 3.50. The van der Waals surface area contributed by atoms with Crippen LogP contribution in [0.5, 0.6) is 11.5 Å². The topological polar surface area (TPSA) is 100 Å². The summed E-state index contributed by atoms with van der Waals surface area (Å²) in [4.78, 5) is 27.1. The Morgan fingerprint density at radius 3 is 2.65 bits per heavy atom. The van der Waals surface area contributed by atoms with Gasteiger partial charge in [0.05, 0.1) is 7.11 Å². The molecular formula is C19H16N2O5. The first-order chi connectivity index (χ1) is 12.6. The van der Waals surface area contributed by atoms with E-state index in [2.05, 4.69) is 4.99 Å². The molecule has 0 aliphatic carbocycles. The van der Waals surface area contributed by atoms with Crippen molar-refractivity contribution in [1.29, 1.82) is 0 Å². The number of carbonyl (C=O) groups excluding carboxylic acids is 2. The molecule has 2 N–H and O–H groups in total. The first kappa shape index (κ1) is 17.2. The number of cyclic esters (lactones) is 1. The molecule has 132 valence electrons. The molecule has 0 bridgehead atoms. The largest absolute Gasteiger partial charge is 0.493 e. The van der Waals surface area contributed by atoms with Crippen molar-refractivity contribution in [3.63, 3.8) is 0 Å². The highest BCUT2D eigenvalue weighted by atomic mass is 16.6. The van der Waals surface area contributed by atoms with Gasteiger partial charge in [-0.15, -0.1) is 0 Å². The summed E-state index contributed by atoms with van der Waals surface area (Å²) in [5, 5.41) is 0. The van der Waals surface area contributed by atoms with E-state index in [4.69, 9.17) is 19.9 Å². The summed E-state index contributed by atoms with van der Waals surface area (Å²) in [6.45, 7) is -0.256. The molecule has 1 heterocycles. The van der Waals surface area contributed by atoms with Crippen LogP contribution in [-0.4, -0.2) is 31.5 Å². The molecule has 0 radical (unpaired) electrons. The zero-order chi connectivity index (χ0) is 18.5. The van der Waals surface area contributed by atoms with Crippen molar-refractivity contribution in [3.05, 3.63) is 65.4 Å². The predicted octanol–water partition coefficient (Wildman–Crippen LogP) is 1.90. The number of hydrogen-bond acceptors (Lipinski definition) is 6. The molecule has 1 aliphatic heterocycles. The van der Waals surface area contributed by atoms with Crippen LogP contribution in [0.25, 0.3) is 6.08 Å². The van der Waals surface area contributed by atoms with Crippen LogP contribution in [0.15, 0.2) is 59.2 Å². The second-order valence-corrected chi connectivity index (χ2v) is 5.37. The third kappa shape index (κ3) is 3.89. The minimum absolute atomic E-state index is 0.178. The van der Waals surface area contributed by atoms with Crippen LogP contribution in [0.2, 0.25) is 0 Å².